The van der Waals surface area contributed by atoms with Crippen LogP contribution >= 0.6 is 0 Å². The van der Waals surface area contributed by atoms with E-state index in [1.54, 1.807) is 50.4 Å². The number of hydrogen-bond acceptors (Lipinski definition) is 9. The van der Waals surface area contributed by atoms with Crippen LogP contribution in [0.3, 0.4) is 0 Å². The van der Waals surface area contributed by atoms with E-state index in [-0.39, 0.29) is 10.7 Å². The van der Waals surface area contributed by atoms with E-state index in [0.29, 0.717) is 34.4 Å². The van der Waals surface area contributed by atoms with E-state index < -0.39 is 15.1 Å². The van der Waals surface area contributed by atoms with E-state index in [1.165, 1.54) is 5.56 Å². The molecule has 42 heavy (non-hydrogen) atoms. The van der Waals surface area contributed by atoms with Gasteiger partial charge in [0, 0.05) is 43.0 Å². The van der Waals surface area contributed by atoms with Crippen molar-refractivity contribution >= 4 is 15.7 Å². The Hall–Kier alpha value is -3.60. The van der Waals surface area contributed by atoms with Crippen molar-refractivity contribution < 1.29 is 17.7 Å². The van der Waals surface area contributed by atoms with Crippen molar-refractivity contribution in [1.82, 2.24) is 20.4 Å². The van der Waals surface area contributed by atoms with Crippen molar-refractivity contribution in [1.29, 1.82) is 0 Å². The van der Waals surface area contributed by atoms with Gasteiger partial charge in [0.25, 0.3) is 0 Å². The first-order valence-electron chi connectivity index (χ1n) is 14.7. The molecule has 2 aromatic carbocycles. The first kappa shape index (κ1) is 32.9. The van der Waals surface area contributed by atoms with Crippen molar-refractivity contribution in [2.75, 3.05) is 18.9 Å². The maximum atomic E-state index is 12.4. The normalized spacial score (nSPS) is 13.6. The lowest BCUT2D eigenvalue weighted by molar-refractivity contribution is 0.0776. The summed E-state index contributed by atoms with van der Waals surface area (Å²) in [5.41, 5.74) is 10.5. The molecule has 1 saturated heterocycles. The lowest BCUT2D eigenvalue weighted by atomic mass is 10.1. The molecule has 226 valence electrons. The van der Waals surface area contributed by atoms with Crippen LogP contribution in [0.1, 0.15) is 59.9 Å². The number of sulfone groups is 1. The molecule has 10 heteroatoms. The molecule has 0 atom stereocenters. The van der Waals surface area contributed by atoms with E-state index in [2.05, 4.69) is 32.6 Å². The number of nitrogens with zero attached hydrogens (tertiary/aromatic N) is 3. The highest BCUT2D eigenvalue weighted by Gasteiger charge is 2.20. The second-order valence-corrected chi connectivity index (χ2v) is 12.2. The molecule has 0 bridgehead atoms. The van der Waals surface area contributed by atoms with Gasteiger partial charge in [-0.15, -0.1) is 0 Å². The number of benzene rings is 2. The molecule has 3 heterocycles. The van der Waals surface area contributed by atoms with Crippen LogP contribution in [0, 0.1) is 0 Å². The van der Waals surface area contributed by atoms with E-state index in [4.69, 9.17) is 15.0 Å². The van der Waals surface area contributed by atoms with Crippen molar-refractivity contribution in [2.45, 2.75) is 77.1 Å². The summed E-state index contributed by atoms with van der Waals surface area (Å²) in [5.74, 6) is 0.612. The van der Waals surface area contributed by atoms with Gasteiger partial charge in [-0.3, -0.25) is 0 Å². The number of nitrogen functional groups attached to an aromatic ring is 1. The fourth-order valence-electron chi connectivity index (χ4n) is 4.29. The molecular weight excluding hydrogens is 550 g/mol. The van der Waals surface area contributed by atoms with Gasteiger partial charge < -0.3 is 20.3 Å². The van der Waals surface area contributed by atoms with Crippen LogP contribution in [0.2, 0.25) is 0 Å². The summed E-state index contributed by atoms with van der Waals surface area (Å²) in [6, 6.07) is 17.1. The number of nitrogens with one attached hydrogen (secondary N) is 1. The van der Waals surface area contributed by atoms with Gasteiger partial charge in [-0.2, -0.15) is 0 Å². The summed E-state index contributed by atoms with van der Waals surface area (Å²) in [6.07, 6.45) is 3.63. The number of rotatable bonds is 8. The second-order valence-electron chi connectivity index (χ2n) is 9.65. The molecule has 1 fully saturated rings. The molecule has 0 saturated carbocycles. The fraction of sp³-hybridized carbons (Fsp3) is 0.406. The summed E-state index contributed by atoms with van der Waals surface area (Å²) in [4.78, 5) is 9.19. The molecule has 0 unspecified atom stereocenters. The number of anilines is 1. The molecular formula is C32H43N5O4S. The van der Waals surface area contributed by atoms with Gasteiger partial charge in [-0.05, 0) is 44.4 Å². The molecule has 5 rings (SSSR count). The maximum absolute atomic E-state index is 12.4. The lowest BCUT2D eigenvalue weighted by Gasteiger charge is -2.23. The Morgan fingerprint density at radius 1 is 0.929 bits per heavy atom. The molecule has 0 radical (unpaired) electrons. The van der Waals surface area contributed by atoms with Gasteiger partial charge in [0.05, 0.1) is 22.0 Å². The molecule has 2 aromatic heterocycles. The van der Waals surface area contributed by atoms with Crippen LogP contribution in [-0.4, -0.2) is 48.0 Å². The smallest absolute Gasteiger partial charge is 0.189 e. The highest BCUT2D eigenvalue weighted by molar-refractivity contribution is 7.92. The minimum atomic E-state index is -3.36. The van der Waals surface area contributed by atoms with Gasteiger partial charge in [-0.25, -0.2) is 18.4 Å². The van der Waals surface area contributed by atoms with Gasteiger partial charge in [0.1, 0.15) is 5.69 Å². The van der Waals surface area contributed by atoms with Gasteiger partial charge >= 0.3 is 0 Å². The Morgan fingerprint density at radius 2 is 1.52 bits per heavy atom. The van der Waals surface area contributed by atoms with Crippen molar-refractivity contribution in [2.24, 2.45) is 0 Å². The third-order valence-electron chi connectivity index (χ3n) is 6.71. The van der Waals surface area contributed by atoms with Crippen molar-refractivity contribution in [3.63, 3.8) is 0 Å². The number of ether oxygens (including phenoxy) is 1. The standard InChI is InChI=1S/C28H31N5O4S.2C2H6/c1-18(2)38(34,35)23-9-7-21(8-10-23)25-17-31-28(29)27(32-25)26-15-24(33-37-26)20-5-3-19(4-6-20)16-30-22-11-13-36-14-12-22;2*1-2/h3-10,15,17-18,22,30H,11-14,16H2,1-2H3,(H2,29,31);2*1-2H3. The van der Waals surface area contributed by atoms with E-state index in [1.807, 2.05) is 39.8 Å². The Bertz CT molecular complexity index is 1490. The largest absolute Gasteiger partial charge is 0.382 e. The topological polar surface area (TPSA) is 133 Å². The van der Waals surface area contributed by atoms with Crippen LogP contribution in [-0.2, 0) is 21.1 Å². The van der Waals surface area contributed by atoms with Gasteiger partial charge in [0.2, 0.25) is 0 Å². The molecule has 4 aromatic rings. The Balaban J connectivity index is 0.00000116. The molecule has 1 aliphatic heterocycles. The number of hydrogen-bond donors (Lipinski definition) is 2. The summed E-state index contributed by atoms with van der Waals surface area (Å²) < 4.78 is 35.9. The quantitative estimate of drug-likeness (QED) is 0.233. The average molecular weight is 594 g/mol. The zero-order valence-corrected chi connectivity index (χ0v) is 26.2. The van der Waals surface area contributed by atoms with Gasteiger partial charge in [0.15, 0.2) is 27.1 Å². The third kappa shape index (κ3) is 8.02. The molecule has 9 nitrogen and oxygen atoms in total. The maximum Gasteiger partial charge on any atom is 0.189 e. The summed E-state index contributed by atoms with van der Waals surface area (Å²) in [5, 5.41) is 7.31. The summed E-state index contributed by atoms with van der Waals surface area (Å²) >= 11 is 0. The zero-order chi connectivity index (χ0) is 30.7. The Kier molecular flexibility index (Phi) is 12.2. The first-order chi connectivity index (χ1) is 20.3. The number of aromatic nitrogens is 3. The summed E-state index contributed by atoms with van der Waals surface area (Å²) in [6.45, 7) is 13.8. The summed E-state index contributed by atoms with van der Waals surface area (Å²) in [7, 11) is -3.36. The minimum Gasteiger partial charge on any atom is -0.382 e. The third-order valence-corrected chi connectivity index (χ3v) is 8.88. The predicted molar refractivity (Wildman–Crippen MR) is 169 cm³/mol. The average Bonchev–Trinajstić information content (AvgIpc) is 3.53. The molecule has 0 spiro atoms. The van der Waals surface area contributed by atoms with E-state index in [0.717, 1.165) is 38.2 Å². The van der Waals surface area contributed by atoms with Crippen LogP contribution < -0.4 is 11.1 Å². The Labute approximate surface area is 249 Å². The predicted octanol–water partition coefficient (Wildman–Crippen LogP) is 6.55. The van der Waals surface area contributed by atoms with Crippen molar-refractivity contribution in [3.05, 3.63) is 66.4 Å². The SMILES string of the molecule is CC.CC.CC(C)S(=O)(=O)c1ccc(-c2cnc(N)c(-c3cc(-c4ccc(CNC5CCOCC5)cc4)no3)n2)cc1. The first-order valence-corrected chi connectivity index (χ1v) is 16.2. The van der Waals surface area contributed by atoms with E-state index in [9.17, 15) is 8.42 Å². The molecule has 0 aliphatic carbocycles. The fourth-order valence-corrected chi connectivity index (χ4v) is 5.35. The van der Waals surface area contributed by atoms with Gasteiger partial charge in [-0.1, -0.05) is 69.2 Å². The highest BCUT2D eigenvalue weighted by Crippen LogP contribution is 2.30. The van der Waals surface area contributed by atoms with Crippen LogP contribution in [0.15, 0.2) is 70.2 Å². The van der Waals surface area contributed by atoms with Crippen LogP contribution in [0.25, 0.3) is 34.0 Å². The monoisotopic (exact) mass is 593 g/mol. The number of nitrogens with two attached hydrogens (primary N) is 1. The zero-order valence-electron chi connectivity index (χ0n) is 25.4. The molecule has 1 aliphatic rings. The van der Waals surface area contributed by atoms with Crippen molar-refractivity contribution in [3.8, 4) is 34.0 Å². The van der Waals surface area contributed by atoms with Crippen LogP contribution in [0.4, 0.5) is 5.82 Å². The highest BCUT2D eigenvalue weighted by atomic mass is 32.2. The second kappa shape index (κ2) is 15.6. The lowest BCUT2D eigenvalue weighted by Crippen LogP contribution is -2.34. The minimum absolute atomic E-state index is 0.213. The van der Waals surface area contributed by atoms with E-state index >= 15 is 0 Å². The molecule has 3 N–H and O–H groups in total. The Morgan fingerprint density at radius 3 is 2.14 bits per heavy atom. The molecule has 0 amide bonds. The van der Waals surface area contributed by atoms with Crippen LogP contribution in [0.5, 0.6) is 0 Å².